The summed E-state index contributed by atoms with van der Waals surface area (Å²) in [5, 5.41) is 19.4. The molecular formula is C27H30F3N3O2. The first-order chi connectivity index (χ1) is 16.4. The molecule has 1 aliphatic heterocycles. The fourth-order valence-electron chi connectivity index (χ4n) is 4.59. The summed E-state index contributed by atoms with van der Waals surface area (Å²) in [6.45, 7) is 4.72. The molecule has 8 heteroatoms. The van der Waals surface area contributed by atoms with Crippen LogP contribution in [-0.4, -0.2) is 47.5 Å². The summed E-state index contributed by atoms with van der Waals surface area (Å²) < 4.78 is 45.7. The van der Waals surface area contributed by atoms with E-state index in [2.05, 4.69) is 5.32 Å². The molecule has 0 aromatic heterocycles. The van der Waals surface area contributed by atoms with E-state index in [0.717, 1.165) is 35.4 Å². The molecule has 0 bridgehead atoms. The maximum Gasteiger partial charge on any atom is 0.328 e. The highest BCUT2D eigenvalue weighted by Crippen LogP contribution is 2.42. The Kier molecular flexibility index (Phi) is 7.85. The Labute approximate surface area is 203 Å². The van der Waals surface area contributed by atoms with Gasteiger partial charge in [-0.15, -0.1) is 0 Å². The van der Waals surface area contributed by atoms with Gasteiger partial charge in [-0.3, -0.25) is 4.90 Å². The van der Waals surface area contributed by atoms with Crippen molar-refractivity contribution in [2.45, 2.75) is 44.9 Å². The quantitative estimate of drug-likeness (QED) is 0.348. The van der Waals surface area contributed by atoms with Gasteiger partial charge in [-0.25, -0.2) is 18.0 Å². The lowest BCUT2D eigenvalue weighted by Gasteiger charge is -2.44. The molecule has 0 spiro atoms. The predicted octanol–water partition coefficient (Wildman–Crippen LogP) is 5.36. The van der Waals surface area contributed by atoms with Crippen LogP contribution in [0.5, 0.6) is 0 Å². The lowest BCUT2D eigenvalue weighted by atomic mass is 9.82. The van der Waals surface area contributed by atoms with Gasteiger partial charge in [0.25, 0.3) is 0 Å². The van der Waals surface area contributed by atoms with Gasteiger partial charge in [0.15, 0.2) is 0 Å². The van der Waals surface area contributed by atoms with Crippen LogP contribution in [0.15, 0.2) is 42.6 Å². The highest BCUT2D eigenvalue weighted by atomic mass is 19.1. The number of halogens is 3. The Morgan fingerprint density at radius 2 is 1.91 bits per heavy atom. The predicted molar refractivity (Wildman–Crippen MR) is 132 cm³/mol. The van der Waals surface area contributed by atoms with Gasteiger partial charge in [0.1, 0.15) is 17.3 Å². The second-order valence-corrected chi connectivity index (χ2v) is 9.36. The molecule has 0 radical (unpaired) electrons. The number of nitrogens with zero attached hydrogens (tertiary/aromatic N) is 1. The minimum absolute atomic E-state index is 0.0367. The van der Waals surface area contributed by atoms with Gasteiger partial charge in [0.2, 0.25) is 0 Å². The van der Waals surface area contributed by atoms with Crippen molar-refractivity contribution >= 4 is 23.8 Å². The summed E-state index contributed by atoms with van der Waals surface area (Å²) in [7, 11) is 1.73. The average molecular weight is 486 g/mol. The molecule has 0 saturated carbocycles. The molecule has 3 rings (SSSR count). The molecule has 186 valence electrons. The lowest BCUT2D eigenvalue weighted by Crippen LogP contribution is -2.48. The van der Waals surface area contributed by atoms with Crippen LogP contribution in [0.3, 0.4) is 0 Å². The lowest BCUT2D eigenvalue weighted by molar-refractivity contribution is -0.131. The SMILES string of the molecule is CN/C=C(\C=N)c1ccc2c(c1)CC(C)N(CC(C)(C)F)C2c1c(F)cc(/C=C/C(=O)O)cc1F. The van der Waals surface area contributed by atoms with E-state index in [-0.39, 0.29) is 23.7 Å². The van der Waals surface area contributed by atoms with Crippen molar-refractivity contribution in [3.63, 3.8) is 0 Å². The number of carbonyl (C=O) groups is 1. The Morgan fingerprint density at radius 1 is 1.26 bits per heavy atom. The topological polar surface area (TPSA) is 76.4 Å². The molecule has 2 unspecified atom stereocenters. The van der Waals surface area contributed by atoms with Crippen LogP contribution in [0, 0.1) is 17.0 Å². The monoisotopic (exact) mass is 485 g/mol. The number of carboxylic acids is 1. The van der Waals surface area contributed by atoms with Crippen molar-refractivity contribution in [2.24, 2.45) is 0 Å². The zero-order valence-corrected chi connectivity index (χ0v) is 20.2. The van der Waals surface area contributed by atoms with E-state index in [0.29, 0.717) is 17.6 Å². The van der Waals surface area contributed by atoms with Crippen LogP contribution in [0.25, 0.3) is 11.6 Å². The standard InChI is InChI=1S/C27H30F3N3O2/c1-16-9-19-12-18(20(13-31)14-32-4)6-7-21(19)26(33(16)15-27(2,3)30)25-22(28)10-17(11-23(25)29)5-8-24(34)35/h5-8,10-14,16,26,31-32H,9,15H2,1-4H3,(H,34,35)/b8-5+,20-14+,31-13?. The number of aliphatic carboxylic acids is 1. The second kappa shape index (κ2) is 10.5. The molecule has 5 nitrogen and oxygen atoms in total. The molecule has 35 heavy (non-hydrogen) atoms. The third-order valence-corrected chi connectivity index (χ3v) is 5.99. The molecular weight excluding hydrogens is 455 g/mol. The molecule has 1 aliphatic rings. The molecule has 2 atom stereocenters. The number of benzene rings is 2. The van der Waals surface area contributed by atoms with Gasteiger partial charge in [-0.2, -0.15) is 0 Å². The Balaban J connectivity index is 2.20. The van der Waals surface area contributed by atoms with Crippen molar-refractivity contribution in [3.05, 3.63) is 82.1 Å². The largest absolute Gasteiger partial charge is 0.478 e. The van der Waals surface area contributed by atoms with Crippen molar-refractivity contribution < 1.29 is 23.1 Å². The molecule has 1 heterocycles. The molecule has 0 amide bonds. The van der Waals surface area contributed by atoms with Gasteiger partial charge in [0, 0.05) is 49.3 Å². The minimum atomic E-state index is -1.61. The number of alkyl halides is 1. The normalized spacial score (nSPS) is 19.0. The molecule has 3 N–H and O–H groups in total. The molecule has 0 fully saturated rings. The summed E-state index contributed by atoms with van der Waals surface area (Å²) in [5.41, 5.74) is 1.23. The van der Waals surface area contributed by atoms with Crippen molar-refractivity contribution in [2.75, 3.05) is 13.6 Å². The average Bonchev–Trinajstić information content (AvgIpc) is 2.76. The molecule has 0 aliphatic carbocycles. The van der Waals surface area contributed by atoms with E-state index in [1.54, 1.807) is 30.3 Å². The molecule has 2 aromatic rings. The first-order valence-corrected chi connectivity index (χ1v) is 11.3. The van der Waals surface area contributed by atoms with Crippen molar-refractivity contribution in [1.29, 1.82) is 5.41 Å². The van der Waals surface area contributed by atoms with Crippen LogP contribution in [0.2, 0.25) is 0 Å². The third-order valence-electron chi connectivity index (χ3n) is 5.99. The summed E-state index contributed by atoms with van der Waals surface area (Å²) in [6.07, 6.45) is 5.40. The van der Waals surface area contributed by atoms with Gasteiger partial charge in [-0.05, 0) is 67.7 Å². The van der Waals surface area contributed by atoms with Gasteiger partial charge in [-0.1, -0.05) is 18.2 Å². The zero-order valence-electron chi connectivity index (χ0n) is 20.2. The van der Waals surface area contributed by atoms with Crippen LogP contribution in [0.4, 0.5) is 13.2 Å². The van der Waals surface area contributed by atoms with E-state index in [4.69, 9.17) is 10.5 Å². The first kappa shape index (κ1) is 26.2. The fourth-order valence-corrected chi connectivity index (χ4v) is 4.59. The summed E-state index contributed by atoms with van der Waals surface area (Å²) in [6, 6.07) is 6.55. The van der Waals surface area contributed by atoms with E-state index in [9.17, 15) is 9.18 Å². The summed E-state index contributed by atoms with van der Waals surface area (Å²) >= 11 is 0. The second-order valence-electron chi connectivity index (χ2n) is 9.36. The summed E-state index contributed by atoms with van der Waals surface area (Å²) in [4.78, 5) is 12.6. The minimum Gasteiger partial charge on any atom is -0.478 e. The number of hydrogen-bond acceptors (Lipinski definition) is 4. The van der Waals surface area contributed by atoms with Crippen molar-refractivity contribution in [1.82, 2.24) is 10.2 Å². The Bertz CT molecular complexity index is 1160. The zero-order chi connectivity index (χ0) is 25.9. The number of fused-ring (bicyclic) bond motifs is 1. The smallest absolute Gasteiger partial charge is 0.328 e. The van der Waals surface area contributed by atoms with Crippen LogP contribution in [-0.2, 0) is 11.2 Å². The number of rotatable bonds is 8. The van der Waals surface area contributed by atoms with E-state index >= 15 is 8.78 Å². The maximum absolute atomic E-state index is 15.4. The van der Waals surface area contributed by atoms with Crippen LogP contribution in [0.1, 0.15) is 54.6 Å². The number of nitrogens with one attached hydrogen (secondary N) is 2. The number of allylic oxidation sites excluding steroid dienone is 1. The first-order valence-electron chi connectivity index (χ1n) is 11.3. The van der Waals surface area contributed by atoms with E-state index in [1.807, 2.05) is 13.0 Å². The van der Waals surface area contributed by atoms with E-state index in [1.165, 1.54) is 20.1 Å². The third kappa shape index (κ3) is 6.00. The molecule has 0 saturated heterocycles. The van der Waals surface area contributed by atoms with E-state index < -0.39 is 29.3 Å². The van der Waals surface area contributed by atoms with Crippen LogP contribution >= 0.6 is 0 Å². The Morgan fingerprint density at radius 3 is 2.46 bits per heavy atom. The van der Waals surface area contributed by atoms with Crippen LogP contribution < -0.4 is 5.32 Å². The maximum atomic E-state index is 15.4. The Hall–Kier alpha value is -3.39. The highest BCUT2D eigenvalue weighted by molar-refractivity contribution is 6.08. The summed E-state index contributed by atoms with van der Waals surface area (Å²) in [5.74, 6) is -2.89. The number of carboxylic acid groups (broad SMARTS) is 1. The van der Waals surface area contributed by atoms with Gasteiger partial charge >= 0.3 is 5.97 Å². The fraction of sp³-hybridized carbons (Fsp3) is 0.333. The number of hydrogen-bond donors (Lipinski definition) is 3. The van der Waals surface area contributed by atoms with Gasteiger partial charge in [0.05, 0.1) is 6.04 Å². The van der Waals surface area contributed by atoms with Crippen molar-refractivity contribution in [3.8, 4) is 0 Å². The molecule has 2 aromatic carbocycles. The van der Waals surface area contributed by atoms with Gasteiger partial charge < -0.3 is 15.8 Å². The highest BCUT2D eigenvalue weighted by Gasteiger charge is 2.39.